The molecule has 0 aromatic heterocycles. The third-order valence-corrected chi connectivity index (χ3v) is 4.28. The quantitative estimate of drug-likeness (QED) is 0.885. The average Bonchev–Trinajstić information content (AvgIpc) is 2.45. The van der Waals surface area contributed by atoms with E-state index >= 15 is 0 Å². The summed E-state index contributed by atoms with van der Waals surface area (Å²) in [4.78, 5) is 16.5. The van der Waals surface area contributed by atoms with E-state index in [9.17, 15) is 9.18 Å². The number of nitrogens with one attached hydrogen (secondary N) is 1. The predicted molar refractivity (Wildman–Crippen MR) is 77.1 cm³/mol. The smallest absolute Gasteiger partial charge is 0.256 e. The number of carbonyl (C=O) groups is 1. The lowest BCUT2D eigenvalue weighted by molar-refractivity contribution is 0.0498. The summed E-state index contributed by atoms with van der Waals surface area (Å²) in [6.07, 6.45) is 0. The third-order valence-electron chi connectivity index (χ3n) is 4.28. The molecule has 0 atom stereocenters. The number of piperazine rings is 1. The predicted octanol–water partition coefficient (Wildman–Crippen LogP) is 0.564. The number of carbonyl (C=O) groups excluding carboxylic acids is 1. The van der Waals surface area contributed by atoms with Gasteiger partial charge in [-0.1, -0.05) is 0 Å². The Balaban J connectivity index is 1.63. The van der Waals surface area contributed by atoms with Crippen molar-refractivity contribution in [1.29, 1.82) is 0 Å². The molecule has 114 valence electrons. The van der Waals surface area contributed by atoms with Crippen molar-refractivity contribution in [1.82, 2.24) is 15.1 Å². The maximum absolute atomic E-state index is 14.0. The van der Waals surface area contributed by atoms with Gasteiger partial charge >= 0.3 is 0 Å². The van der Waals surface area contributed by atoms with Crippen molar-refractivity contribution < 1.29 is 13.9 Å². The average molecular weight is 293 g/mol. The number of nitrogens with zero attached hydrogens (tertiary/aromatic N) is 2. The molecule has 1 amide bonds. The standard InChI is InChI=1S/C15H20FN3O2/c1-21-12-2-3-13(14(16)8-12)15(20)19-6-4-18(5-7-19)11-9-17-10-11/h2-3,8,11,17H,4-7,9-10H2,1H3. The van der Waals surface area contributed by atoms with Crippen LogP contribution in [0.1, 0.15) is 10.4 Å². The number of methoxy groups -OCH3 is 1. The Morgan fingerprint density at radius 3 is 2.52 bits per heavy atom. The summed E-state index contributed by atoms with van der Waals surface area (Å²) in [5, 5.41) is 3.25. The van der Waals surface area contributed by atoms with Crippen LogP contribution in [0.15, 0.2) is 18.2 Å². The van der Waals surface area contributed by atoms with Crippen molar-refractivity contribution >= 4 is 5.91 Å². The van der Waals surface area contributed by atoms with E-state index in [2.05, 4.69) is 10.2 Å². The van der Waals surface area contributed by atoms with Crippen LogP contribution >= 0.6 is 0 Å². The van der Waals surface area contributed by atoms with E-state index in [1.165, 1.54) is 19.2 Å². The molecule has 2 heterocycles. The highest BCUT2D eigenvalue weighted by molar-refractivity contribution is 5.94. The Labute approximate surface area is 123 Å². The number of halogens is 1. The monoisotopic (exact) mass is 293 g/mol. The number of ether oxygens (including phenoxy) is 1. The number of amides is 1. The highest BCUT2D eigenvalue weighted by Crippen LogP contribution is 2.19. The Bertz CT molecular complexity index is 526. The second-order valence-electron chi connectivity index (χ2n) is 5.49. The zero-order valence-electron chi connectivity index (χ0n) is 12.1. The van der Waals surface area contributed by atoms with Crippen LogP contribution in [-0.4, -0.2) is 68.1 Å². The van der Waals surface area contributed by atoms with Crippen molar-refractivity contribution in [2.45, 2.75) is 6.04 Å². The summed E-state index contributed by atoms with van der Waals surface area (Å²) in [7, 11) is 1.48. The first-order valence-electron chi connectivity index (χ1n) is 7.26. The van der Waals surface area contributed by atoms with Gasteiger partial charge in [0.15, 0.2) is 0 Å². The Hall–Kier alpha value is -1.66. The van der Waals surface area contributed by atoms with Crippen LogP contribution in [0, 0.1) is 5.82 Å². The van der Waals surface area contributed by atoms with E-state index in [-0.39, 0.29) is 11.5 Å². The van der Waals surface area contributed by atoms with Crippen molar-refractivity contribution in [2.24, 2.45) is 0 Å². The van der Waals surface area contributed by atoms with E-state index in [1.807, 2.05) is 0 Å². The zero-order valence-corrected chi connectivity index (χ0v) is 12.1. The molecular formula is C15H20FN3O2. The molecule has 0 unspecified atom stereocenters. The molecule has 0 saturated carbocycles. The van der Waals surface area contributed by atoms with E-state index in [0.29, 0.717) is 24.9 Å². The van der Waals surface area contributed by atoms with Gasteiger partial charge in [0, 0.05) is 51.4 Å². The molecule has 6 heteroatoms. The molecule has 3 rings (SSSR count). The van der Waals surface area contributed by atoms with Gasteiger partial charge in [0.1, 0.15) is 11.6 Å². The van der Waals surface area contributed by atoms with Gasteiger partial charge in [-0.3, -0.25) is 9.69 Å². The van der Waals surface area contributed by atoms with Crippen molar-refractivity contribution in [3.05, 3.63) is 29.6 Å². The molecule has 1 aromatic rings. The Morgan fingerprint density at radius 1 is 1.29 bits per heavy atom. The topological polar surface area (TPSA) is 44.8 Å². The van der Waals surface area contributed by atoms with Crippen LogP contribution < -0.4 is 10.1 Å². The SMILES string of the molecule is COc1ccc(C(=O)N2CCN(C3CNC3)CC2)c(F)c1. The second-order valence-corrected chi connectivity index (χ2v) is 5.49. The zero-order chi connectivity index (χ0) is 14.8. The summed E-state index contributed by atoms with van der Waals surface area (Å²) < 4.78 is 18.9. The van der Waals surface area contributed by atoms with Gasteiger partial charge in [-0.05, 0) is 12.1 Å². The fourth-order valence-corrected chi connectivity index (χ4v) is 2.79. The van der Waals surface area contributed by atoms with E-state index in [4.69, 9.17) is 4.74 Å². The Kier molecular flexibility index (Phi) is 4.07. The van der Waals surface area contributed by atoms with Gasteiger partial charge in [-0.2, -0.15) is 0 Å². The van der Waals surface area contributed by atoms with Crippen LogP contribution in [-0.2, 0) is 0 Å². The van der Waals surface area contributed by atoms with Crippen LogP contribution in [0.25, 0.3) is 0 Å². The number of rotatable bonds is 3. The summed E-state index contributed by atoms with van der Waals surface area (Å²) >= 11 is 0. The van der Waals surface area contributed by atoms with E-state index in [1.54, 1.807) is 11.0 Å². The van der Waals surface area contributed by atoms with Crippen LogP contribution in [0.3, 0.4) is 0 Å². The molecule has 0 radical (unpaired) electrons. The molecule has 0 spiro atoms. The van der Waals surface area contributed by atoms with Crippen LogP contribution in [0.5, 0.6) is 5.75 Å². The van der Waals surface area contributed by atoms with Crippen molar-refractivity contribution in [2.75, 3.05) is 46.4 Å². The van der Waals surface area contributed by atoms with Gasteiger partial charge in [-0.25, -0.2) is 4.39 Å². The highest BCUT2D eigenvalue weighted by atomic mass is 19.1. The first-order chi connectivity index (χ1) is 10.2. The van der Waals surface area contributed by atoms with Gasteiger partial charge in [-0.15, -0.1) is 0 Å². The largest absolute Gasteiger partial charge is 0.497 e. The lowest BCUT2D eigenvalue weighted by Gasteiger charge is -2.43. The molecular weight excluding hydrogens is 273 g/mol. The molecule has 0 bridgehead atoms. The van der Waals surface area contributed by atoms with Crippen molar-refractivity contribution in [3.8, 4) is 5.75 Å². The van der Waals surface area contributed by atoms with Crippen LogP contribution in [0.2, 0.25) is 0 Å². The highest BCUT2D eigenvalue weighted by Gasteiger charge is 2.30. The number of benzene rings is 1. The molecule has 5 nitrogen and oxygen atoms in total. The minimum absolute atomic E-state index is 0.120. The van der Waals surface area contributed by atoms with Gasteiger partial charge in [0.05, 0.1) is 12.7 Å². The fourth-order valence-electron chi connectivity index (χ4n) is 2.79. The minimum Gasteiger partial charge on any atom is -0.497 e. The summed E-state index contributed by atoms with van der Waals surface area (Å²) in [6.45, 7) is 5.08. The summed E-state index contributed by atoms with van der Waals surface area (Å²) in [6, 6.07) is 4.97. The summed E-state index contributed by atoms with van der Waals surface area (Å²) in [5.74, 6) is -0.335. The number of hydrogen-bond donors (Lipinski definition) is 1. The van der Waals surface area contributed by atoms with E-state index < -0.39 is 5.82 Å². The molecule has 0 aliphatic carbocycles. The Morgan fingerprint density at radius 2 is 2.00 bits per heavy atom. The second kappa shape index (κ2) is 5.99. The lowest BCUT2D eigenvalue weighted by atomic mass is 10.1. The first-order valence-corrected chi connectivity index (χ1v) is 7.26. The van der Waals surface area contributed by atoms with Gasteiger partial charge in [0.2, 0.25) is 0 Å². The molecule has 2 fully saturated rings. The van der Waals surface area contributed by atoms with E-state index in [0.717, 1.165) is 26.2 Å². The molecule has 1 aromatic carbocycles. The maximum atomic E-state index is 14.0. The maximum Gasteiger partial charge on any atom is 0.256 e. The van der Waals surface area contributed by atoms with Crippen molar-refractivity contribution in [3.63, 3.8) is 0 Å². The number of hydrogen-bond acceptors (Lipinski definition) is 4. The van der Waals surface area contributed by atoms with Gasteiger partial charge in [0.25, 0.3) is 5.91 Å². The fraction of sp³-hybridized carbons (Fsp3) is 0.533. The minimum atomic E-state index is -0.523. The lowest BCUT2D eigenvalue weighted by Crippen LogP contribution is -2.62. The first kappa shape index (κ1) is 14.3. The molecule has 21 heavy (non-hydrogen) atoms. The molecule has 1 N–H and O–H groups in total. The molecule has 2 saturated heterocycles. The normalized spacial score (nSPS) is 20.2. The third kappa shape index (κ3) is 2.87. The molecule has 2 aliphatic heterocycles. The van der Waals surface area contributed by atoms with Gasteiger partial charge < -0.3 is 15.0 Å². The summed E-state index contributed by atoms with van der Waals surface area (Å²) in [5.41, 5.74) is 0.120. The molecule has 2 aliphatic rings. The van der Waals surface area contributed by atoms with Crippen LogP contribution in [0.4, 0.5) is 4.39 Å².